The van der Waals surface area contributed by atoms with Crippen LogP contribution in [0, 0.1) is 5.92 Å². The van der Waals surface area contributed by atoms with E-state index in [1.54, 1.807) is 36.8 Å². The van der Waals surface area contributed by atoms with Crippen LogP contribution in [-0.2, 0) is 0 Å². The Hall–Kier alpha value is -3.28. The number of amides is 1. The maximum atomic E-state index is 13.0. The Morgan fingerprint density at radius 2 is 1.89 bits per heavy atom. The topological polar surface area (TPSA) is 97.8 Å². The van der Waals surface area contributed by atoms with Crippen LogP contribution in [0.4, 0.5) is 20.3 Å². The van der Waals surface area contributed by atoms with Crippen LogP contribution in [0.3, 0.4) is 0 Å². The summed E-state index contributed by atoms with van der Waals surface area (Å²) in [6.07, 6.45) is 6.96. The first-order chi connectivity index (χ1) is 17.9. The van der Waals surface area contributed by atoms with Crippen molar-refractivity contribution in [3.63, 3.8) is 0 Å². The summed E-state index contributed by atoms with van der Waals surface area (Å²) in [5.41, 5.74) is 9.25. The first-order valence-electron chi connectivity index (χ1n) is 11.9. The Labute approximate surface area is 232 Å². The van der Waals surface area contributed by atoms with Crippen molar-refractivity contribution in [3.05, 3.63) is 71.1 Å². The second-order valence-corrected chi connectivity index (χ2v) is 9.66. The fourth-order valence-electron chi connectivity index (χ4n) is 4.47. The third-order valence-corrected chi connectivity index (χ3v) is 7.16. The molecule has 1 fully saturated rings. The average molecular weight is 608 g/mol. The zero-order valence-electron chi connectivity index (χ0n) is 20.2. The molecule has 1 saturated heterocycles. The minimum Gasteiger partial charge on any atom is -0.435 e. The maximum absolute atomic E-state index is 13.0. The molecule has 200 valence electrons. The van der Waals surface area contributed by atoms with Gasteiger partial charge in [0, 0.05) is 41.2 Å². The van der Waals surface area contributed by atoms with Gasteiger partial charge in [0.2, 0.25) is 0 Å². The summed E-state index contributed by atoms with van der Waals surface area (Å²) in [6, 6.07) is 11.8. The molecule has 4 aromatic rings. The Bertz CT molecular complexity index is 1410. The molecule has 3 heterocycles. The van der Waals surface area contributed by atoms with Crippen molar-refractivity contribution in [3.8, 4) is 17.0 Å². The molecular weight excluding hydrogens is 582 g/mol. The van der Waals surface area contributed by atoms with Crippen LogP contribution in [0.15, 0.2) is 65.5 Å². The SMILES string of the molecule is Cl.NCC1CCN(C(=O)c2ccc(Nc3nccn4c(-c5ccc(OC(F)F)cc5)cnc34)cc2Br)CC1. The van der Waals surface area contributed by atoms with Crippen molar-refractivity contribution in [2.24, 2.45) is 11.7 Å². The molecule has 38 heavy (non-hydrogen) atoms. The number of hydrogen-bond acceptors (Lipinski definition) is 6. The van der Waals surface area contributed by atoms with Crippen LogP contribution >= 0.6 is 28.3 Å². The standard InChI is InChI=1S/C26H25BrF2N6O2.ClH/c27-21-13-18(3-6-20(21)25(36)34-10-7-16(14-30)8-11-34)33-23-24-32-15-22(35(24)12-9-31-23)17-1-4-19(5-2-17)37-26(28)29;/h1-6,9,12-13,15-16,26H,7-8,10-11,14,30H2,(H,31,33);1H. The molecule has 3 N–H and O–H groups in total. The minimum absolute atomic E-state index is 0. The van der Waals surface area contributed by atoms with Gasteiger partial charge in [-0.3, -0.25) is 9.20 Å². The summed E-state index contributed by atoms with van der Waals surface area (Å²) in [4.78, 5) is 23.9. The highest BCUT2D eigenvalue weighted by atomic mass is 79.9. The van der Waals surface area contributed by atoms with Crippen LogP contribution in [0.2, 0.25) is 0 Å². The van der Waals surface area contributed by atoms with E-state index in [0.717, 1.165) is 29.8 Å². The van der Waals surface area contributed by atoms with E-state index in [4.69, 9.17) is 5.73 Å². The Morgan fingerprint density at radius 1 is 1.16 bits per heavy atom. The van der Waals surface area contributed by atoms with E-state index < -0.39 is 6.61 Å². The number of halogens is 4. The van der Waals surface area contributed by atoms with E-state index in [1.165, 1.54) is 12.1 Å². The molecule has 1 amide bonds. The van der Waals surface area contributed by atoms with Gasteiger partial charge in [0.1, 0.15) is 5.75 Å². The summed E-state index contributed by atoms with van der Waals surface area (Å²) < 4.78 is 31.9. The molecule has 2 aromatic carbocycles. The van der Waals surface area contributed by atoms with Crippen LogP contribution in [0.5, 0.6) is 5.75 Å². The number of ether oxygens (including phenoxy) is 1. The second-order valence-electron chi connectivity index (χ2n) is 8.81. The molecule has 2 aromatic heterocycles. The molecule has 0 saturated carbocycles. The molecule has 1 aliphatic rings. The number of rotatable bonds is 7. The first-order valence-corrected chi connectivity index (χ1v) is 12.7. The van der Waals surface area contributed by atoms with Crippen LogP contribution < -0.4 is 15.8 Å². The highest BCUT2D eigenvalue weighted by molar-refractivity contribution is 9.10. The number of piperidine rings is 1. The predicted molar refractivity (Wildman–Crippen MR) is 147 cm³/mol. The molecule has 1 aliphatic heterocycles. The van der Waals surface area contributed by atoms with Crippen LogP contribution in [0.1, 0.15) is 23.2 Å². The van der Waals surface area contributed by atoms with Crippen LogP contribution in [0.25, 0.3) is 16.9 Å². The number of carbonyl (C=O) groups is 1. The van der Waals surface area contributed by atoms with Gasteiger partial charge < -0.3 is 20.7 Å². The van der Waals surface area contributed by atoms with E-state index in [9.17, 15) is 13.6 Å². The number of nitrogens with one attached hydrogen (secondary N) is 1. The number of hydrogen-bond donors (Lipinski definition) is 2. The third kappa shape index (κ3) is 5.90. The van der Waals surface area contributed by atoms with Gasteiger partial charge in [0.15, 0.2) is 11.5 Å². The average Bonchev–Trinajstić information content (AvgIpc) is 3.34. The molecule has 12 heteroatoms. The number of carbonyl (C=O) groups excluding carboxylic acids is 1. The highest BCUT2D eigenvalue weighted by Crippen LogP contribution is 2.29. The Balaban J connectivity index is 0.00000336. The summed E-state index contributed by atoms with van der Waals surface area (Å²) >= 11 is 3.55. The number of fused-ring (bicyclic) bond motifs is 1. The van der Waals surface area contributed by atoms with Gasteiger partial charge >= 0.3 is 6.61 Å². The van der Waals surface area contributed by atoms with Crippen molar-refractivity contribution in [1.82, 2.24) is 19.3 Å². The molecule has 0 spiro atoms. The van der Waals surface area contributed by atoms with Gasteiger partial charge in [0.25, 0.3) is 5.91 Å². The fraction of sp³-hybridized carbons (Fsp3) is 0.269. The first kappa shape index (κ1) is 27.7. The van der Waals surface area contributed by atoms with E-state index in [-0.39, 0.29) is 24.1 Å². The van der Waals surface area contributed by atoms with Crippen molar-refractivity contribution in [1.29, 1.82) is 0 Å². The van der Waals surface area contributed by atoms with Crippen molar-refractivity contribution >= 4 is 51.4 Å². The molecule has 8 nitrogen and oxygen atoms in total. The number of alkyl halides is 2. The molecule has 5 rings (SSSR count). The number of imidazole rings is 1. The van der Waals surface area contributed by atoms with E-state index in [2.05, 4.69) is 36.0 Å². The summed E-state index contributed by atoms with van der Waals surface area (Å²) in [5, 5.41) is 3.28. The van der Waals surface area contributed by atoms with Crippen molar-refractivity contribution < 1.29 is 18.3 Å². The number of nitrogens with two attached hydrogens (primary N) is 1. The molecular formula is C26H26BrClF2N6O2. The lowest BCUT2D eigenvalue weighted by Crippen LogP contribution is -2.40. The molecule has 0 unspecified atom stereocenters. The van der Waals surface area contributed by atoms with Gasteiger partial charge in [-0.05, 0) is 83.7 Å². The second kappa shape index (κ2) is 12.1. The Kier molecular flexibility index (Phi) is 8.80. The zero-order chi connectivity index (χ0) is 25.9. The largest absolute Gasteiger partial charge is 0.435 e. The van der Waals surface area contributed by atoms with Crippen molar-refractivity contribution in [2.75, 3.05) is 25.0 Å². The van der Waals surface area contributed by atoms with E-state index in [0.29, 0.717) is 47.1 Å². The monoisotopic (exact) mass is 606 g/mol. The normalized spacial score (nSPS) is 14.0. The van der Waals surface area contributed by atoms with Gasteiger partial charge in [-0.15, -0.1) is 12.4 Å². The predicted octanol–water partition coefficient (Wildman–Crippen LogP) is 5.74. The van der Waals surface area contributed by atoms with Gasteiger partial charge in [-0.25, -0.2) is 9.97 Å². The minimum atomic E-state index is -2.87. The molecule has 0 radical (unpaired) electrons. The molecule has 0 atom stereocenters. The summed E-state index contributed by atoms with van der Waals surface area (Å²) in [5.74, 6) is 1.10. The van der Waals surface area contributed by atoms with Gasteiger partial charge in [0.05, 0.1) is 17.5 Å². The lowest BCUT2D eigenvalue weighted by atomic mass is 9.96. The smallest absolute Gasteiger partial charge is 0.387 e. The molecule has 0 bridgehead atoms. The number of likely N-dealkylation sites (tertiary alicyclic amines) is 1. The lowest BCUT2D eigenvalue weighted by molar-refractivity contribution is -0.0498. The number of aromatic nitrogens is 3. The Morgan fingerprint density at radius 3 is 2.55 bits per heavy atom. The maximum Gasteiger partial charge on any atom is 0.387 e. The van der Waals surface area contributed by atoms with Gasteiger partial charge in [-0.1, -0.05) is 0 Å². The number of nitrogens with zero attached hydrogens (tertiary/aromatic N) is 4. The quantitative estimate of drug-likeness (QED) is 0.278. The van der Waals surface area contributed by atoms with Crippen LogP contribution in [-0.4, -0.2) is 51.4 Å². The zero-order valence-corrected chi connectivity index (χ0v) is 22.6. The highest BCUT2D eigenvalue weighted by Gasteiger charge is 2.24. The lowest BCUT2D eigenvalue weighted by Gasteiger charge is -2.31. The molecule has 0 aliphatic carbocycles. The number of anilines is 2. The number of benzene rings is 2. The fourth-order valence-corrected chi connectivity index (χ4v) is 5.02. The van der Waals surface area contributed by atoms with E-state index >= 15 is 0 Å². The summed E-state index contributed by atoms with van der Waals surface area (Å²) in [7, 11) is 0. The van der Waals surface area contributed by atoms with Gasteiger partial charge in [-0.2, -0.15) is 8.78 Å². The summed E-state index contributed by atoms with van der Waals surface area (Å²) in [6.45, 7) is -0.789. The van der Waals surface area contributed by atoms with Crippen molar-refractivity contribution in [2.45, 2.75) is 19.5 Å². The third-order valence-electron chi connectivity index (χ3n) is 6.50. The van der Waals surface area contributed by atoms with E-state index in [1.807, 2.05) is 21.4 Å².